The Hall–Kier alpha value is -0.590. The van der Waals surface area contributed by atoms with Crippen molar-refractivity contribution in [2.24, 2.45) is 5.92 Å². The molecule has 2 atom stereocenters. The van der Waals surface area contributed by atoms with E-state index in [0.717, 1.165) is 6.42 Å². The maximum atomic E-state index is 12.2. The number of benzene rings is 1. The molecule has 4 nitrogen and oxygen atoms in total. The summed E-state index contributed by atoms with van der Waals surface area (Å²) in [5.74, 6) is 0.277. The standard InChI is InChI=1S/C12H19BrN2O2S/c1-4-8(2)9(3)15-18(16,17)12-7-10(14)5-6-11(12)13/h5-9,15H,4,14H2,1-3H3. The van der Waals surface area contributed by atoms with E-state index in [2.05, 4.69) is 20.7 Å². The number of anilines is 1. The van der Waals surface area contributed by atoms with Gasteiger partial charge >= 0.3 is 0 Å². The van der Waals surface area contributed by atoms with E-state index in [1.54, 1.807) is 12.1 Å². The second-order valence-corrected chi connectivity index (χ2v) is 7.02. The second-order valence-electron chi connectivity index (χ2n) is 4.49. The molecule has 0 radical (unpaired) electrons. The van der Waals surface area contributed by atoms with E-state index in [-0.39, 0.29) is 16.9 Å². The van der Waals surface area contributed by atoms with Gasteiger partial charge in [-0.2, -0.15) is 0 Å². The molecule has 1 aromatic carbocycles. The molecule has 3 N–H and O–H groups in total. The largest absolute Gasteiger partial charge is 0.399 e. The van der Waals surface area contributed by atoms with Crippen LogP contribution >= 0.6 is 15.9 Å². The van der Waals surface area contributed by atoms with E-state index in [4.69, 9.17) is 5.73 Å². The minimum Gasteiger partial charge on any atom is -0.399 e. The predicted octanol–water partition coefficient (Wildman–Crippen LogP) is 2.74. The van der Waals surface area contributed by atoms with Gasteiger partial charge in [0, 0.05) is 16.2 Å². The summed E-state index contributed by atoms with van der Waals surface area (Å²) >= 11 is 3.24. The van der Waals surface area contributed by atoms with Crippen LogP contribution in [0.3, 0.4) is 0 Å². The lowest BCUT2D eigenvalue weighted by molar-refractivity contribution is 0.434. The molecule has 0 aliphatic rings. The van der Waals surface area contributed by atoms with Crippen molar-refractivity contribution < 1.29 is 8.42 Å². The van der Waals surface area contributed by atoms with Gasteiger partial charge in [0.05, 0.1) is 4.90 Å². The summed E-state index contributed by atoms with van der Waals surface area (Å²) in [6.45, 7) is 5.92. The van der Waals surface area contributed by atoms with Crippen LogP contribution in [0.4, 0.5) is 5.69 Å². The Labute approximate surface area is 117 Å². The topological polar surface area (TPSA) is 72.2 Å². The van der Waals surface area contributed by atoms with E-state index in [1.807, 2.05) is 20.8 Å². The lowest BCUT2D eigenvalue weighted by Crippen LogP contribution is -2.37. The van der Waals surface area contributed by atoms with Gasteiger partial charge in [0.25, 0.3) is 0 Å². The van der Waals surface area contributed by atoms with Crippen molar-refractivity contribution in [1.29, 1.82) is 0 Å². The summed E-state index contributed by atoms with van der Waals surface area (Å²) in [4.78, 5) is 0.178. The fourth-order valence-electron chi connectivity index (χ4n) is 1.50. The number of halogens is 1. The molecule has 0 aromatic heterocycles. The number of nitrogens with two attached hydrogens (primary N) is 1. The molecule has 0 spiro atoms. The van der Waals surface area contributed by atoms with E-state index >= 15 is 0 Å². The third kappa shape index (κ3) is 3.70. The van der Waals surface area contributed by atoms with Gasteiger partial charge < -0.3 is 5.73 Å². The first kappa shape index (κ1) is 15.5. The van der Waals surface area contributed by atoms with Crippen LogP contribution in [0.5, 0.6) is 0 Å². The Morgan fingerprint density at radius 3 is 2.56 bits per heavy atom. The maximum Gasteiger partial charge on any atom is 0.242 e. The van der Waals surface area contributed by atoms with Crippen LogP contribution in [0.25, 0.3) is 0 Å². The van der Waals surface area contributed by atoms with Gasteiger partial charge in [-0.1, -0.05) is 20.3 Å². The zero-order valence-electron chi connectivity index (χ0n) is 10.8. The number of nitrogen functional groups attached to an aromatic ring is 1. The van der Waals surface area contributed by atoms with Crippen molar-refractivity contribution in [2.75, 3.05) is 5.73 Å². The summed E-state index contributed by atoms with van der Waals surface area (Å²) in [6, 6.07) is 4.63. The first-order valence-corrected chi connectivity index (χ1v) is 8.13. The molecule has 1 aromatic rings. The Morgan fingerprint density at radius 1 is 1.39 bits per heavy atom. The van der Waals surface area contributed by atoms with Gasteiger partial charge in [0.1, 0.15) is 0 Å². The quantitative estimate of drug-likeness (QED) is 0.813. The van der Waals surface area contributed by atoms with Gasteiger partial charge in [0.15, 0.2) is 0 Å². The van der Waals surface area contributed by atoms with E-state index < -0.39 is 10.0 Å². The molecule has 18 heavy (non-hydrogen) atoms. The fourth-order valence-corrected chi connectivity index (χ4v) is 3.85. The summed E-state index contributed by atoms with van der Waals surface area (Å²) in [6.07, 6.45) is 0.918. The molecule has 2 unspecified atom stereocenters. The summed E-state index contributed by atoms with van der Waals surface area (Å²) in [5.41, 5.74) is 6.05. The molecule has 0 amide bonds. The molecule has 0 saturated heterocycles. The molecule has 6 heteroatoms. The molecule has 0 heterocycles. The zero-order valence-corrected chi connectivity index (χ0v) is 13.2. The number of hydrogen-bond acceptors (Lipinski definition) is 3. The van der Waals surface area contributed by atoms with Crippen LogP contribution < -0.4 is 10.5 Å². The molecule has 1 rings (SSSR count). The van der Waals surface area contributed by atoms with Gasteiger partial charge in [-0.3, -0.25) is 0 Å². The van der Waals surface area contributed by atoms with Crippen LogP contribution in [0.1, 0.15) is 27.2 Å². The van der Waals surface area contributed by atoms with Crippen molar-refractivity contribution in [3.63, 3.8) is 0 Å². The Morgan fingerprint density at radius 2 is 2.00 bits per heavy atom. The van der Waals surface area contributed by atoms with Gasteiger partial charge in [-0.25, -0.2) is 13.1 Å². The van der Waals surface area contributed by atoms with Crippen molar-refractivity contribution in [2.45, 2.75) is 38.1 Å². The van der Waals surface area contributed by atoms with E-state index in [0.29, 0.717) is 10.2 Å². The van der Waals surface area contributed by atoms with Gasteiger partial charge in [0.2, 0.25) is 10.0 Å². The highest BCUT2D eigenvalue weighted by Crippen LogP contribution is 2.24. The summed E-state index contributed by atoms with van der Waals surface area (Å²) < 4.78 is 27.7. The van der Waals surface area contributed by atoms with Crippen LogP contribution in [-0.4, -0.2) is 14.5 Å². The smallest absolute Gasteiger partial charge is 0.242 e. The van der Waals surface area contributed by atoms with E-state index in [1.165, 1.54) is 6.07 Å². The zero-order chi connectivity index (χ0) is 13.9. The third-order valence-corrected chi connectivity index (χ3v) is 5.64. The molecular weight excluding hydrogens is 316 g/mol. The number of rotatable bonds is 5. The van der Waals surface area contributed by atoms with Gasteiger partial charge in [-0.15, -0.1) is 0 Å². The molecule has 0 saturated carbocycles. The van der Waals surface area contributed by atoms with Crippen LogP contribution in [0.15, 0.2) is 27.6 Å². The SMILES string of the molecule is CCC(C)C(C)NS(=O)(=O)c1cc(N)ccc1Br. The van der Waals surface area contributed by atoms with Crippen molar-refractivity contribution in [1.82, 2.24) is 4.72 Å². The van der Waals surface area contributed by atoms with E-state index in [9.17, 15) is 8.42 Å². The molecular formula is C12H19BrN2O2S. The normalized spacial score (nSPS) is 15.3. The molecule has 0 bridgehead atoms. The summed E-state index contributed by atoms with van der Waals surface area (Å²) in [5, 5.41) is 0. The fraction of sp³-hybridized carbons (Fsp3) is 0.500. The Kier molecular flexibility index (Phi) is 5.19. The predicted molar refractivity (Wildman–Crippen MR) is 77.8 cm³/mol. The van der Waals surface area contributed by atoms with Crippen molar-refractivity contribution >= 4 is 31.6 Å². The highest BCUT2D eigenvalue weighted by Gasteiger charge is 2.22. The molecule has 0 fully saturated rings. The van der Waals surface area contributed by atoms with Crippen LogP contribution in [-0.2, 0) is 10.0 Å². The average molecular weight is 335 g/mol. The third-order valence-electron chi connectivity index (χ3n) is 3.08. The first-order chi connectivity index (χ1) is 8.27. The average Bonchev–Trinajstić information content (AvgIpc) is 2.30. The number of sulfonamides is 1. The molecule has 102 valence electrons. The minimum absolute atomic E-state index is 0.117. The highest BCUT2D eigenvalue weighted by molar-refractivity contribution is 9.10. The van der Waals surface area contributed by atoms with Crippen LogP contribution in [0.2, 0.25) is 0 Å². The lowest BCUT2D eigenvalue weighted by atomic mass is 10.0. The first-order valence-electron chi connectivity index (χ1n) is 5.85. The van der Waals surface area contributed by atoms with Crippen LogP contribution in [0, 0.1) is 5.92 Å². The molecule has 0 aliphatic heterocycles. The Bertz CT molecular complexity index is 517. The Balaban J connectivity index is 3.03. The lowest BCUT2D eigenvalue weighted by Gasteiger charge is -2.20. The molecule has 0 aliphatic carbocycles. The monoisotopic (exact) mass is 334 g/mol. The van der Waals surface area contributed by atoms with Gasteiger partial charge in [-0.05, 0) is 47.0 Å². The second kappa shape index (κ2) is 6.04. The minimum atomic E-state index is -3.54. The van der Waals surface area contributed by atoms with Crippen molar-refractivity contribution in [3.8, 4) is 0 Å². The number of hydrogen-bond donors (Lipinski definition) is 2. The van der Waals surface area contributed by atoms with Crippen molar-refractivity contribution in [3.05, 3.63) is 22.7 Å². The highest BCUT2D eigenvalue weighted by atomic mass is 79.9. The maximum absolute atomic E-state index is 12.2. The summed E-state index contributed by atoms with van der Waals surface area (Å²) in [7, 11) is -3.54. The number of nitrogens with one attached hydrogen (secondary N) is 1.